The number of hydrogen-bond acceptors (Lipinski definition) is 2. The summed E-state index contributed by atoms with van der Waals surface area (Å²) in [5, 5.41) is 9.62. The Kier molecular flexibility index (Phi) is 4.31. The van der Waals surface area contributed by atoms with Gasteiger partial charge >= 0.3 is 0 Å². The van der Waals surface area contributed by atoms with E-state index in [-0.39, 0.29) is 0 Å². The number of hydrogen-bond donors (Lipinski definition) is 0. The fourth-order valence-corrected chi connectivity index (χ4v) is 3.94. The second-order valence-corrected chi connectivity index (χ2v) is 6.36. The molecular weight excluding hydrogens is 282 g/mol. The van der Waals surface area contributed by atoms with Crippen LogP contribution in [0.1, 0.15) is 37.7 Å². The maximum atomic E-state index is 8.84. The van der Waals surface area contributed by atoms with Crippen molar-refractivity contribution in [3.63, 3.8) is 0 Å². The van der Waals surface area contributed by atoms with E-state index < -0.39 is 0 Å². The van der Waals surface area contributed by atoms with Crippen LogP contribution in [0.2, 0.25) is 0 Å². The second kappa shape index (κ2) is 5.75. The van der Waals surface area contributed by atoms with E-state index in [0.29, 0.717) is 5.56 Å². The van der Waals surface area contributed by atoms with Gasteiger partial charge in [-0.05, 0) is 47.0 Å². The Labute approximate surface area is 109 Å². The van der Waals surface area contributed by atoms with Crippen LogP contribution in [0, 0.1) is 11.3 Å². The van der Waals surface area contributed by atoms with E-state index >= 15 is 0 Å². The van der Waals surface area contributed by atoms with E-state index in [4.69, 9.17) is 5.26 Å². The molecule has 2 rings (SSSR count). The fraction of sp³-hybridized carbons (Fsp3) is 0.462. The van der Waals surface area contributed by atoms with Crippen molar-refractivity contribution >= 4 is 27.7 Å². The van der Waals surface area contributed by atoms with Gasteiger partial charge in [0.25, 0.3) is 0 Å². The monoisotopic (exact) mass is 295 g/mol. The molecule has 1 nitrogen and oxygen atoms in total. The van der Waals surface area contributed by atoms with E-state index in [0.717, 1.165) is 9.72 Å². The van der Waals surface area contributed by atoms with Crippen molar-refractivity contribution < 1.29 is 0 Å². The molecule has 0 unspecified atom stereocenters. The highest BCUT2D eigenvalue weighted by Gasteiger charge is 2.14. The number of halogens is 1. The number of nitrogens with zero attached hydrogens (tertiary/aromatic N) is 1. The van der Waals surface area contributed by atoms with Gasteiger partial charge in [0, 0.05) is 14.6 Å². The van der Waals surface area contributed by atoms with E-state index in [1.165, 1.54) is 37.0 Å². The van der Waals surface area contributed by atoms with Crippen LogP contribution in [-0.4, -0.2) is 5.25 Å². The van der Waals surface area contributed by atoms with Gasteiger partial charge in [-0.2, -0.15) is 5.26 Å². The molecule has 0 saturated heterocycles. The molecular formula is C13H14BrNS. The van der Waals surface area contributed by atoms with Gasteiger partial charge in [-0.25, -0.2) is 0 Å². The second-order valence-electron chi connectivity index (χ2n) is 4.13. The van der Waals surface area contributed by atoms with Crippen LogP contribution >= 0.6 is 27.7 Å². The van der Waals surface area contributed by atoms with Gasteiger partial charge in [0.05, 0.1) is 5.56 Å². The van der Waals surface area contributed by atoms with Crippen LogP contribution in [0.4, 0.5) is 0 Å². The first-order chi connectivity index (χ1) is 7.79. The zero-order valence-corrected chi connectivity index (χ0v) is 11.5. The molecule has 0 N–H and O–H groups in total. The van der Waals surface area contributed by atoms with Gasteiger partial charge in [0.2, 0.25) is 0 Å². The third-order valence-electron chi connectivity index (χ3n) is 2.92. The predicted octanol–water partition coefficient (Wildman–Crippen LogP) is 4.75. The molecule has 0 aliphatic heterocycles. The zero-order chi connectivity index (χ0) is 11.4. The Morgan fingerprint density at radius 3 is 2.62 bits per heavy atom. The number of rotatable bonds is 2. The van der Waals surface area contributed by atoms with Crippen molar-refractivity contribution in [3.05, 3.63) is 28.2 Å². The smallest absolute Gasteiger partial charge is 0.100 e. The molecule has 1 aromatic rings. The van der Waals surface area contributed by atoms with Gasteiger partial charge in [0.15, 0.2) is 0 Å². The molecule has 16 heavy (non-hydrogen) atoms. The lowest BCUT2D eigenvalue weighted by Crippen LogP contribution is -2.07. The molecule has 0 aromatic heterocycles. The SMILES string of the molecule is N#Cc1ccc(SC2CCCCC2)cc1Br. The molecule has 3 heteroatoms. The molecule has 0 radical (unpaired) electrons. The Bertz CT molecular complexity index is 405. The van der Waals surface area contributed by atoms with Gasteiger partial charge in [-0.1, -0.05) is 19.3 Å². The first-order valence-corrected chi connectivity index (χ1v) is 7.33. The molecule has 0 bridgehead atoms. The molecule has 84 valence electrons. The summed E-state index contributed by atoms with van der Waals surface area (Å²) in [6, 6.07) is 8.19. The first-order valence-electron chi connectivity index (χ1n) is 5.66. The standard InChI is InChI=1S/C13H14BrNS/c14-13-8-12(7-6-10(13)9-15)16-11-4-2-1-3-5-11/h6-8,11H,1-5H2. The van der Waals surface area contributed by atoms with Crippen molar-refractivity contribution in [2.75, 3.05) is 0 Å². The molecule has 1 aliphatic carbocycles. The minimum absolute atomic E-state index is 0.716. The van der Waals surface area contributed by atoms with Crippen LogP contribution in [0.15, 0.2) is 27.6 Å². The molecule has 1 saturated carbocycles. The van der Waals surface area contributed by atoms with Gasteiger partial charge < -0.3 is 0 Å². The summed E-state index contributed by atoms with van der Waals surface area (Å²) in [4.78, 5) is 1.28. The Morgan fingerprint density at radius 2 is 2.00 bits per heavy atom. The summed E-state index contributed by atoms with van der Waals surface area (Å²) in [6.45, 7) is 0. The third-order valence-corrected chi connectivity index (χ3v) is 4.90. The lowest BCUT2D eigenvalue weighted by molar-refractivity contribution is 0.516. The van der Waals surface area contributed by atoms with Crippen molar-refractivity contribution in [1.82, 2.24) is 0 Å². The maximum Gasteiger partial charge on any atom is 0.100 e. The van der Waals surface area contributed by atoms with E-state index in [9.17, 15) is 0 Å². The summed E-state index contributed by atoms with van der Waals surface area (Å²) in [5.74, 6) is 0. The topological polar surface area (TPSA) is 23.8 Å². The van der Waals surface area contributed by atoms with Crippen molar-refractivity contribution in [2.45, 2.75) is 42.2 Å². The normalized spacial score (nSPS) is 17.0. The Hall–Kier alpha value is -0.460. The molecule has 0 spiro atoms. The molecule has 1 aromatic carbocycles. The van der Waals surface area contributed by atoms with Crippen LogP contribution in [0.25, 0.3) is 0 Å². The summed E-state index contributed by atoms with van der Waals surface area (Å²) >= 11 is 5.39. The summed E-state index contributed by atoms with van der Waals surface area (Å²) in [6.07, 6.45) is 6.81. The minimum Gasteiger partial charge on any atom is -0.192 e. The first kappa shape index (κ1) is 12.0. The third kappa shape index (κ3) is 3.02. The predicted molar refractivity (Wildman–Crippen MR) is 71.6 cm³/mol. The van der Waals surface area contributed by atoms with Crippen LogP contribution in [0.3, 0.4) is 0 Å². The highest BCUT2D eigenvalue weighted by Crippen LogP contribution is 2.35. The molecule has 1 aliphatic rings. The van der Waals surface area contributed by atoms with E-state index in [2.05, 4.69) is 34.1 Å². The van der Waals surface area contributed by atoms with Gasteiger partial charge in [-0.15, -0.1) is 11.8 Å². The van der Waals surface area contributed by atoms with Gasteiger partial charge in [-0.3, -0.25) is 0 Å². The summed E-state index contributed by atoms with van der Waals surface area (Å²) < 4.78 is 0.913. The largest absolute Gasteiger partial charge is 0.192 e. The van der Waals surface area contributed by atoms with Crippen LogP contribution < -0.4 is 0 Å². The lowest BCUT2D eigenvalue weighted by atomic mass is 10.0. The zero-order valence-electron chi connectivity index (χ0n) is 9.08. The average molecular weight is 296 g/mol. The van der Waals surface area contributed by atoms with Crippen LogP contribution in [0.5, 0.6) is 0 Å². The molecule has 0 atom stereocenters. The van der Waals surface area contributed by atoms with Crippen LogP contribution in [-0.2, 0) is 0 Å². The van der Waals surface area contributed by atoms with E-state index in [1.54, 1.807) is 0 Å². The number of benzene rings is 1. The lowest BCUT2D eigenvalue weighted by Gasteiger charge is -2.20. The summed E-state index contributed by atoms with van der Waals surface area (Å²) in [5.41, 5.74) is 0.716. The fourth-order valence-electron chi connectivity index (χ4n) is 2.04. The highest BCUT2D eigenvalue weighted by atomic mass is 79.9. The molecule has 0 heterocycles. The van der Waals surface area contributed by atoms with Gasteiger partial charge in [0.1, 0.15) is 6.07 Å². The average Bonchev–Trinajstić information content (AvgIpc) is 2.31. The van der Waals surface area contributed by atoms with Crippen molar-refractivity contribution in [3.8, 4) is 6.07 Å². The maximum absolute atomic E-state index is 8.84. The minimum atomic E-state index is 0.716. The van der Waals surface area contributed by atoms with Crippen molar-refractivity contribution in [1.29, 1.82) is 5.26 Å². The Morgan fingerprint density at radius 1 is 1.25 bits per heavy atom. The van der Waals surface area contributed by atoms with E-state index in [1.807, 2.05) is 17.8 Å². The Balaban J connectivity index is 2.04. The summed E-state index contributed by atoms with van der Waals surface area (Å²) in [7, 11) is 0. The number of nitriles is 1. The van der Waals surface area contributed by atoms with Crippen molar-refractivity contribution in [2.24, 2.45) is 0 Å². The quantitative estimate of drug-likeness (QED) is 0.786. The highest BCUT2D eigenvalue weighted by molar-refractivity contribution is 9.10. The molecule has 1 fully saturated rings. The number of thioether (sulfide) groups is 1. The molecule has 0 amide bonds.